The topological polar surface area (TPSA) is 54.5 Å². The number of aromatic nitrogens is 1. The molecular formula is C17H21N3O2. The zero-order valence-electron chi connectivity index (χ0n) is 13.2. The lowest BCUT2D eigenvalue weighted by atomic mass is 10.2. The quantitative estimate of drug-likeness (QED) is 0.923. The van der Waals surface area contributed by atoms with Crippen molar-refractivity contribution in [2.24, 2.45) is 0 Å². The number of pyridine rings is 1. The number of methoxy groups -OCH3 is 1. The van der Waals surface area contributed by atoms with Crippen LogP contribution in [0, 0.1) is 6.92 Å². The third kappa shape index (κ3) is 4.22. The van der Waals surface area contributed by atoms with Crippen molar-refractivity contribution in [3.8, 4) is 5.75 Å². The summed E-state index contributed by atoms with van der Waals surface area (Å²) in [5.41, 5.74) is 2.90. The van der Waals surface area contributed by atoms with Gasteiger partial charge in [0.05, 0.1) is 12.8 Å². The van der Waals surface area contributed by atoms with E-state index in [4.69, 9.17) is 4.74 Å². The number of amides is 2. The number of nitrogens with zero attached hydrogens (tertiary/aromatic N) is 2. The lowest BCUT2D eigenvalue weighted by Crippen LogP contribution is -2.33. The molecule has 1 heterocycles. The molecule has 0 radical (unpaired) electrons. The highest BCUT2D eigenvalue weighted by Crippen LogP contribution is 2.25. The molecule has 0 unspecified atom stereocenters. The number of likely N-dealkylation sites (N-methyl/N-ethyl adjacent to an activating group) is 1. The van der Waals surface area contributed by atoms with Crippen LogP contribution < -0.4 is 10.1 Å². The smallest absolute Gasteiger partial charge is 0.321 e. The maximum atomic E-state index is 12.3. The second-order valence-corrected chi connectivity index (χ2v) is 5.16. The van der Waals surface area contributed by atoms with Gasteiger partial charge >= 0.3 is 6.03 Å². The van der Waals surface area contributed by atoms with Crippen LogP contribution in [-0.2, 0) is 6.42 Å². The maximum Gasteiger partial charge on any atom is 0.321 e. The van der Waals surface area contributed by atoms with Gasteiger partial charge in [-0.15, -0.1) is 0 Å². The summed E-state index contributed by atoms with van der Waals surface area (Å²) < 4.78 is 5.27. The lowest BCUT2D eigenvalue weighted by molar-refractivity contribution is 0.223. The number of ether oxygens (including phenoxy) is 1. The Kier molecular flexibility index (Phi) is 5.36. The van der Waals surface area contributed by atoms with Crippen molar-refractivity contribution >= 4 is 11.7 Å². The van der Waals surface area contributed by atoms with Crippen LogP contribution in [0.15, 0.2) is 42.7 Å². The van der Waals surface area contributed by atoms with Gasteiger partial charge in [-0.1, -0.05) is 6.07 Å². The SMILES string of the molecule is COc1ccc(C)cc1NC(=O)N(C)CCc1ccncc1. The first-order chi connectivity index (χ1) is 10.6. The number of urea groups is 1. The van der Waals surface area contributed by atoms with Crippen LogP contribution in [0.4, 0.5) is 10.5 Å². The van der Waals surface area contributed by atoms with E-state index in [-0.39, 0.29) is 6.03 Å². The number of nitrogens with one attached hydrogen (secondary N) is 1. The van der Waals surface area contributed by atoms with E-state index in [0.717, 1.165) is 17.5 Å². The predicted octanol–water partition coefficient (Wildman–Crippen LogP) is 3.11. The maximum absolute atomic E-state index is 12.3. The predicted molar refractivity (Wildman–Crippen MR) is 87.3 cm³/mol. The largest absolute Gasteiger partial charge is 0.495 e. The van der Waals surface area contributed by atoms with Gasteiger partial charge < -0.3 is 15.0 Å². The number of carbonyl (C=O) groups is 1. The molecule has 2 amide bonds. The molecule has 0 aliphatic rings. The summed E-state index contributed by atoms with van der Waals surface area (Å²) in [5, 5.41) is 2.89. The Hall–Kier alpha value is -2.56. The molecule has 0 bridgehead atoms. The van der Waals surface area contributed by atoms with Crippen molar-refractivity contribution in [3.63, 3.8) is 0 Å². The molecule has 1 N–H and O–H groups in total. The van der Waals surface area contributed by atoms with Crippen molar-refractivity contribution in [3.05, 3.63) is 53.9 Å². The summed E-state index contributed by atoms with van der Waals surface area (Å²) in [6, 6.07) is 9.44. The van der Waals surface area contributed by atoms with Crippen molar-refractivity contribution in [2.45, 2.75) is 13.3 Å². The summed E-state index contributed by atoms with van der Waals surface area (Å²) in [4.78, 5) is 17.9. The van der Waals surface area contributed by atoms with Gasteiger partial charge in [0.25, 0.3) is 0 Å². The van der Waals surface area contributed by atoms with Crippen molar-refractivity contribution in [1.82, 2.24) is 9.88 Å². The Labute approximate surface area is 130 Å². The van der Waals surface area contributed by atoms with Crippen molar-refractivity contribution < 1.29 is 9.53 Å². The minimum absolute atomic E-state index is 0.155. The Morgan fingerprint density at radius 1 is 1.27 bits per heavy atom. The summed E-state index contributed by atoms with van der Waals surface area (Å²) in [6.07, 6.45) is 4.30. The van der Waals surface area contributed by atoms with Crippen molar-refractivity contribution in [2.75, 3.05) is 26.0 Å². The molecule has 1 aromatic heterocycles. The van der Waals surface area contributed by atoms with Crippen LogP contribution in [0.3, 0.4) is 0 Å². The van der Waals surface area contributed by atoms with Gasteiger partial charge in [0, 0.05) is 26.0 Å². The molecule has 5 heteroatoms. The first kappa shape index (κ1) is 15.8. The van der Waals surface area contributed by atoms with Gasteiger partial charge in [-0.25, -0.2) is 4.79 Å². The fraction of sp³-hybridized carbons (Fsp3) is 0.294. The molecule has 0 fully saturated rings. The summed E-state index contributed by atoms with van der Waals surface area (Å²) >= 11 is 0. The number of carbonyl (C=O) groups excluding carboxylic acids is 1. The zero-order valence-corrected chi connectivity index (χ0v) is 13.2. The van der Waals surface area contributed by atoms with E-state index in [9.17, 15) is 4.79 Å². The van der Waals surface area contributed by atoms with E-state index in [1.54, 1.807) is 31.5 Å². The second kappa shape index (κ2) is 7.45. The van der Waals surface area contributed by atoms with Crippen LogP contribution in [-0.4, -0.2) is 36.6 Å². The van der Waals surface area contributed by atoms with Crippen molar-refractivity contribution in [1.29, 1.82) is 0 Å². The highest BCUT2D eigenvalue weighted by molar-refractivity contribution is 5.91. The van der Waals surface area contributed by atoms with Crippen LogP contribution in [0.5, 0.6) is 5.75 Å². The van der Waals surface area contributed by atoms with E-state index in [1.165, 1.54) is 0 Å². The average molecular weight is 299 g/mol. The van der Waals surface area contributed by atoms with E-state index >= 15 is 0 Å². The molecule has 2 rings (SSSR count). The third-order valence-corrected chi connectivity index (χ3v) is 3.43. The minimum atomic E-state index is -0.155. The summed E-state index contributed by atoms with van der Waals surface area (Å²) in [7, 11) is 3.37. The third-order valence-electron chi connectivity index (χ3n) is 3.43. The molecule has 2 aromatic rings. The Morgan fingerprint density at radius 2 is 2.00 bits per heavy atom. The fourth-order valence-electron chi connectivity index (χ4n) is 2.08. The average Bonchev–Trinajstić information content (AvgIpc) is 2.53. The van der Waals surface area contributed by atoms with E-state index in [1.807, 2.05) is 37.3 Å². The highest BCUT2D eigenvalue weighted by atomic mass is 16.5. The van der Waals surface area contributed by atoms with Crippen LogP contribution in [0.2, 0.25) is 0 Å². The van der Waals surface area contributed by atoms with Gasteiger partial charge in [0.2, 0.25) is 0 Å². The first-order valence-corrected chi connectivity index (χ1v) is 7.16. The standard InChI is InChI=1S/C17H21N3O2/c1-13-4-5-16(22-3)15(12-13)19-17(21)20(2)11-8-14-6-9-18-10-7-14/h4-7,9-10,12H,8,11H2,1-3H3,(H,19,21). The molecule has 0 saturated carbocycles. The monoisotopic (exact) mass is 299 g/mol. The molecule has 0 aliphatic heterocycles. The Bertz CT molecular complexity index is 629. The van der Waals surface area contributed by atoms with Gasteiger partial charge in [-0.05, 0) is 48.7 Å². The summed E-state index contributed by atoms with van der Waals surface area (Å²) in [6.45, 7) is 2.60. The molecule has 0 atom stereocenters. The normalized spacial score (nSPS) is 10.1. The molecule has 5 nitrogen and oxygen atoms in total. The Balaban J connectivity index is 1.95. The van der Waals surface area contributed by atoms with Gasteiger partial charge in [-0.2, -0.15) is 0 Å². The fourth-order valence-corrected chi connectivity index (χ4v) is 2.08. The number of benzene rings is 1. The van der Waals surface area contributed by atoms with Gasteiger partial charge in [0.15, 0.2) is 0 Å². The Morgan fingerprint density at radius 3 is 2.68 bits per heavy atom. The first-order valence-electron chi connectivity index (χ1n) is 7.16. The minimum Gasteiger partial charge on any atom is -0.495 e. The number of aryl methyl sites for hydroxylation is 1. The number of anilines is 1. The van der Waals surface area contributed by atoms with E-state index in [0.29, 0.717) is 18.0 Å². The molecule has 0 aliphatic carbocycles. The molecule has 0 saturated heterocycles. The van der Waals surface area contributed by atoms with E-state index < -0.39 is 0 Å². The molecule has 116 valence electrons. The lowest BCUT2D eigenvalue weighted by Gasteiger charge is -2.19. The highest BCUT2D eigenvalue weighted by Gasteiger charge is 2.12. The van der Waals surface area contributed by atoms with Gasteiger partial charge in [0.1, 0.15) is 5.75 Å². The second-order valence-electron chi connectivity index (χ2n) is 5.16. The van der Waals surface area contributed by atoms with Gasteiger partial charge in [-0.3, -0.25) is 4.98 Å². The zero-order chi connectivity index (χ0) is 15.9. The summed E-state index contributed by atoms with van der Waals surface area (Å²) in [5.74, 6) is 0.654. The van der Waals surface area contributed by atoms with Crippen LogP contribution in [0.1, 0.15) is 11.1 Å². The van der Waals surface area contributed by atoms with E-state index in [2.05, 4.69) is 10.3 Å². The number of rotatable bonds is 5. The number of hydrogen-bond acceptors (Lipinski definition) is 3. The molecule has 0 spiro atoms. The molecule has 1 aromatic carbocycles. The van der Waals surface area contributed by atoms with Crippen LogP contribution in [0.25, 0.3) is 0 Å². The molecule has 22 heavy (non-hydrogen) atoms. The molecular weight excluding hydrogens is 278 g/mol. The van der Waals surface area contributed by atoms with Crippen LogP contribution >= 0.6 is 0 Å². The number of hydrogen-bond donors (Lipinski definition) is 1.